The second-order valence-electron chi connectivity index (χ2n) is 8.94. The number of nitrogens with zero attached hydrogens (tertiary/aromatic N) is 5. The van der Waals surface area contributed by atoms with Gasteiger partial charge >= 0.3 is 0 Å². The fourth-order valence-corrected chi connectivity index (χ4v) is 4.55. The van der Waals surface area contributed by atoms with Crippen LogP contribution in [0.25, 0.3) is 33.6 Å². The highest BCUT2D eigenvalue weighted by Gasteiger charge is 2.29. The Morgan fingerprint density at radius 3 is 2.69 bits per heavy atom. The van der Waals surface area contributed by atoms with Crippen LogP contribution < -0.4 is 9.64 Å². The van der Waals surface area contributed by atoms with Crippen LogP contribution in [0.2, 0.25) is 0 Å². The molecule has 188 valence electrons. The van der Waals surface area contributed by atoms with Crippen LogP contribution in [0.4, 0.5) is 10.2 Å². The molecule has 10 nitrogen and oxygen atoms in total. The van der Waals surface area contributed by atoms with Crippen molar-refractivity contribution in [1.82, 2.24) is 25.2 Å². The molecule has 2 aliphatic heterocycles. The van der Waals surface area contributed by atoms with E-state index in [0.29, 0.717) is 40.7 Å². The molecule has 6 rings (SSSR count). The lowest BCUT2D eigenvalue weighted by Crippen LogP contribution is -2.56. The molecule has 2 fully saturated rings. The highest BCUT2D eigenvalue weighted by molar-refractivity contribution is 5.92. The Morgan fingerprint density at radius 1 is 1.11 bits per heavy atom. The summed E-state index contributed by atoms with van der Waals surface area (Å²) in [7, 11) is 1.56. The zero-order chi connectivity index (χ0) is 24.5. The molecule has 0 saturated carbocycles. The highest BCUT2D eigenvalue weighted by atomic mass is 19.1. The number of piperazine rings is 1. The Balaban J connectivity index is 1.15. The van der Waals surface area contributed by atoms with Crippen molar-refractivity contribution < 1.29 is 23.1 Å². The summed E-state index contributed by atoms with van der Waals surface area (Å²) in [5.41, 5.74) is 2.58. The number of fused-ring (bicyclic) bond motifs is 1. The molecular weight excluding hydrogens is 467 g/mol. The van der Waals surface area contributed by atoms with Gasteiger partial charge in [-0.05, 0) is 18.2 Å². The van der Waals surface area contributed by atoms with Gasteiger partial charge in [0.15, 0.2) is 17.3 Å². The number of benzene rings is 1. The van der Waals surface area contributed by atoms with E-state index >= 15 is 0 Å². The van der Waals surface area contributed by atoms with E-state index in [1.54, 1.807) is 25.4 Å². The Bertz CT molecular complexity index is 1330. The van der Waals surface area contributed by atoms with Crippen molar-refractivity contribution in [3.63, 3.8) is 0 Å². The van der Waals surface area contributed by atoms with Crippen molar-refractivity contribution in [2.45, 2.75) is 6.04 Å². The van der Waals surface area contributed by atoms with Crippen LogP contribution in [0.1, 0.15) is 0 Å². The zero-order valence-corrected chi connectivity index (χ0v) is 19.9. The normalized spacial score (nSPS) is 17.0. The second kappa shape index (κ2) is 9.84. The van der Waals surface area contributed by atoms with Gasteiger partial charge in [0, 0.05) is 62.6 Å². The van der Waals surface area contributed by atoms with Crippen molar-refractivity contribution >= 4 is 16.7 Å². The second-order valence-corrected chi connectivity index (χ2v) is 8.94. The molecule has 1 aromatic carbocycles. The first-order valence-electron chi connectivity index (χ1n) is 12.0. The van der Waals surface area contributed by atoms with E-state index in [-0.39, 0.29) is 12.4 Å². The standard InChI is InChI=1S/C25H27FN6O4/c1-33-8-9-35-22-12-21-18(10-19(22)26)25(29-28-21)23-11-20(30-36-23)16-2-3-24(27-13-16)32-6-4-31(5-7-32)17-14-34-15-17/h2-3,10-13,17H,4-9,14-15H2,1H3,(H,28,29). The quantitative estimate of drug-likeness (QED) is 0.371. The zero-order valence-electron chi connectivity index (χ0n) is 19.9. The molecule has 4 aromatic rings. The van der Waals surface area contributed by atoms with Gasteiger partial charge in [0.25, 0.3) is 0 Å². The van der Waals surface area contributed by atoms with Gasteiger partial charge in [0.2, 0.25) is 0 Å². The number of methoxy groups -OCH3 is 1. The third kappa shape index (κ3) is 4.41. The maximum absolute atomic E-state index is 14.6. The lowest BCUT2D eigenvalue weighted by atomic mass is 10.1. The smallest absolute Gasteiger partial charge is 0.188 e. The van der Waals surface area contributed by atoms with Crippen LogP contribution in [0.5, 0.6) is 5.75 Å². The van der Waals surface area contributed by atoms with Crippen LogP contribution in [-0.4, -0.2) is 91.0 Å². The molecule has 0 bridgehead atoms. The summed E-state index contributed by atoms with van der Waals surface area (Å²) in [6.45, 7) is 6.24. The van der Waals surface area contributed by atoms with Crippen LogP contribution in [0.15, 0.2) is 41.1 Å². The Morgan fingerprint density at radius 2 is 1.97 bits per heavy atom. The molecule has 0 atom stereocenters. The molecule has 11 heteroatoms. The maximum atomic E-state index is 14.6. The number of H-pyrrole nitrogens is 1. The maximum Gasteiger partial charge on any atom is 0.188 e. The summed E-state index contributed by atoms with van der Waals surface area (Å²) in [4.78, 5) is 9.45. The fraction of sp³-hybridized carbons (Fsp3) is 0.400. The number of nitrogens with one attached hydrogen (secondary N) is 1. The molecule has 5 heterocycles. The minimum Gasteiger partial charge on any atom is -0.488 e. The predicted octanol–water partition coefficient (Wildman–Crippen LogP) is 2.97. The first-order valence-corrected chi connectivity index (χ1v) is 12.0. The van der Waals surface area contributed by atoms with Gasteiger partial charge in [-0.25, -0.2) is 9.37 Å². The number of hydrogen-bond donors (Lipinski definition) is 1. The number of aromatic amines is 1. The van der Waals surface area contributed by atoms with E-state index < -0.39 is 5.82 Å². The Hall–Kier alpha value is -3.54. The van der Waals surface area contributed by atoms with Gasteiger partial charge in [-0.3, -0.25) is 10.00 Å². The molecule has 0 unspecified atom stereocenters. The number of halogens is 1. The topological polar surface area (TPSA) is 102 Å². The first kappa shape index (κ1) is 22.9. The Labute approximate surface area is 206 Å². The minimum absolute atomic E-state index is 0.137. The first-order chi connectivity index (χ1) is 17.7. The Kier molecular flexibility index (Phi) is 6.26. The molecule has 3 aromatic heterocycles. The summed E-state index contributed by atoms with van der Waals surface area (Å²) >= 11 is 0. The molecule has 0 amide bonds. The molecule has 2 aliphatic rings. The highest BCUT2D eigenvalue weighted by Crippen LogP contribution is 2.33. The van der Waals surface area contributed by atoms with Gasteiger partial charge in [0.05, 0.1) is 31.4 Å². The predicted molar refractivity (Wildman–Crippen MR) is 131 cm³/mol. The SMILES string of the molecule is COCCOc1cc2[nH]nc(-c3cc(-c4ccc(N5CCN(C6COC6)CC5)nc4)no3)c2cc1F. The summed E-state index contributed by atoms with van der Waals surface area (Å²) in [5.74, 6) is 1.04. The number of anilines is 1. The minimum atomic E-state index is -0.484. The van der Waals surface area contributed by atoms with Crippen LogP contribution >= 0.6 is 0 Å². The van der Waals surface area contributed by atoms with Crippen LogP contribution in [0.3, 0.4) is 0 Å². The van der Waals surface area contributed by atoms with E-state index in [1.807, 2.05) is 12.1 Å². The number of aromatic nitrogens is 4. The van der Waals surface area contributed by atoms with Gasteiger partial charge in [-0.15, -0.1) is 0 Å². The molecule has 0 spiro atoms. The molecule has 1 N–H and O–H groups in total. The lowest BCUT2D eigenvalue weighted by molar-refractivity contribution is -0.0660. The van der Waals surface area contributed by atoms with Crippen molar-refractivity contribution in [3.05, 3.63) is 42.3 Å². The molecule has 2 saturated heterocycles. The van der Waals surface area contributed by atoms with Crippen molar-refractivity contribution in [1.29, 1.82) is 0 Å². The molecule has 0 radical (unpaired) electrons. The van der Waals surface area contributed by atoms with Gasteiger partial charge < -0.3 is 23.6 Å². The largest absolute Gasteiger partial charge is 0.488 e. The lowest BCUT2D eigenvalue weighted by Gasteiger charge is -2.42. The third-order valence-corrected chi connectivity index (χ3v) is 6.72. The summed E-state index contributed by atoms with van der Waals surface area (Å²) in [6.07, 6.45) is 1.80. The van der Waals surface area contributed by atoms with Crippen molar-refractivity contribution in [3.8, 4) is 28.5 Å². The van der Waals surface area contributed by atoms with Gasteiger partial charge in [-0.1, -0.05) is 5.16 Å². The third-order valence-electron chi connectivity index (χ3n) is 6.72. The van der Waals surface area contributed by atoms with E-state index in [4.69, 9.17) is 18.7 Å². The molecule has 36 heavy (non-hydrogen) atoms. The summed E-state index contributed by atoms with van der Waals surface area (Å²) in [6, 6.07) is 9.32. The molecule has 0 aliphatic carbocycles. The van der Waals surface area contributed by atoms with Crippen molar-refractivity contribution in [2.75, 3.05) is 64.6 Å². The van der Waals surface area contributed by atoms with E-state index in [0.717, 1.165) is 50.8 Å². The van der Waals surface area contributed by atoms with Crippen LogP contribution in [0, 0.1) is 5.82 Å². The average molecular weight is 495 g/mol. The van der Waals surface area contributed by atoms with E-state index in [2.05, 4.69) is 30.1 Å². The summed E-state index contributed by atoms with van der Waals surface area (Å²) in [5, 5.41) is 12.0. The number of pyridine rings is 1. The van der Waals surface area contributed by atoms with Crippen molar-refractivity contribution in [2.24, 2.45) is 0 Å². The number of ether oxygens (including phenoxy) is 3. The van der Waals surface area contributed by atoms with Gasteiger partial charge in [0.1, 0.15) is 23.8 Å². The number of rotatable bonds is 8. The number of hydrogen-bond acceptors (Lipinski definition) is 9. The monoisotopic (exact) mass is 494 g/mol. The fourth-order valence-electron chi connectivity index (χ4n) is 4.55. The van der Waals surface area contributed by atoms with Gasteiger partial charge in [-0.2, -0.15) is 5.10 Å². The van der Waals surface area contributed by atoms with Crippen LogP contribution in [-0.2, 0) is 9.47 Å². The molecular formula is C25H27FN6O4. The summed E-state index contributed by atoms with van der Waals surface area (Å²) < 4.78 is 35.9. The van der Waals surface area contributed by atoms with E-state index in [1.165, 1.54) is 6.07 Å². The van der Waals surface area contributed by atoms with E-state index in [9.17, 15) is 4.39 Å². The average Bonchev–Trinajstić information content (AvgIpc) is 3.51.